The number of fused-ring (bicyclic) bond motifs is 10. The lowest BCUT2D eigenvalue weighted by Crippen LogP contribution is -1.95. The Bertz CT molecular complexity index is 2780. The van der Waals surface area contributed by atoms with Crippen LogP contribution in [0.5, 0.6) is 0 Å². The average Bonchev–Trinajstić information content (AvgIpc) is 3.68. The summed E-state index contributed by atoms with van der Waals surface area (Å²) in [7, 11) is 0. The van der Waals surface area contributed by atoms with E-state index in [1.807, 2.05) is 12.3 Å². The second-order valence-electron chi connectivity index (χ2n) is 11.9. The van der Waals surface area contributed by atoms with E-state index in [9.17, 15) is 0 Å². The molecule has 0 spiro atoms. The van der Waals surface area contributed by atoms with Crippen LogP contribution in [0.3, 0.4) is 0 Å². The van der Waals surface area contributed by atoms with Crippen molar-refractivity contribution in [2.45, 2.75) is 0 Å². The molecular weight excluding hydrogens is 560 g/mol. The number of rotatable bonds is 3. The van der Waals surface area contributed by atoms with E-state index in [-0.39, 0.29) is 0 Å². The van der Waals surface area contributed by atoms with Crippen molar-refractivity contribution in [3.63, 3.8) is 0 Å². The summed E-state index contributed by atoms with van der Waals surface area (Å²) in [4.78, 5) is 9.96. The van der Waals surface area contributed by atoms with E-state index in [2.05, 4.69) is 154 Å². The number of para-hydroxylation sites is 6. The average molecular weight is 587 g/mol. The van der Waals surface area contributed by atoms with Gasteiger partial charge in [-0.05, 0) is 59.2 Å². The monoisotopic (exact) mass is 586 g/mol. The molecule has 0 saturated carbocycles. The Hall–Kier alpha value is -6.26. The number of hydrogen-bond donors (Lipinski definition) is 0. The van der Waals surface area contributed by atoms with Crippen LogP contribution in [0.4, 0.5) is 0 Å². The molecule has 4 heterocycles. The van der Waals surface area contributed by atoms with Gasteiger partial charge in [-0.2, -0.15) is 0 Å². The normalized spacial score (nSPS) is 11.9. The molecule has 4 heteroatoms. The molecule has 4 nitrogen and oxygen atoms in total. The predicted molar refractivity (Wildman–Crippen MR) is 190 cm³/mol. The van der Waals surface area contributed by atoms with Crippen molar-refractivity contribution in [3.8, 4) is 33.5 Å². The van der Waals surface area contributed by atoms with Crippen LogP contribution in [0.15, 0.2) is 158 Å². The molecule has 0 aliphatic carbocycles. The maximum absolute atomic E-state index is 5.15. The minimum atomic E-state index is 0.986. The Morgan fingerprint density at radius 2 is 0.935 bits per heavy atom. The molecule has 10 aromatic rings. The molecule has 0 aliphatic heterocycles. The molecular formula is C42H26N4. The molecule has 46 heavy (non-hydrogen) atoms. The standard InChI is InChI=1S/C42H26N4/c1-5-13-35-31(9-1)25-39-42(44-34-12-4-8-16-38(34)45(35)39)30-23-19-28(20-24-30)27-17-21-29(22-18-27)41-32-10-2-6-14-36(32)46-37-15-7-3-11-33(37)43-26-40(41)46/h1-26H. The predicted octanol–water partition coefficient (Wildman–Crippen LogP) is 10.6. The Kier molecular flexibility index (Phi) is 5.25. The van der Waals surface area contributed by atoms with E-state index in [1.54, 1.807) is 0 Å². The fourth-order valence-electron chi connectivity index (χ4n) is 7.21. The summed E-state index contributed by atoms with van der Waals surface area (Å²) < 4.78 is 4.68. The van der Waals surface area contributed by atoms with Gasteiger partial charge in [-0.25, -0.2) is 4.98 Å². The van der Waals surface area contributed by atoms with Gasteiger partial charge in [0.25, 0.3) is 0 Å². The second kappa shape index (κ2) is 9.62. The molecule has 0 aliphatic rings. The summed E-state index contributed by atoms with van der Waals surface area (Å²) in [5.74, 6) is 0. The van der Waals surface area contributed by atoms with Crippen molar-refractivity contribution in [1.82, 2.24) is 18.8 Å². The maximum atomic E-state index is 5.15. The summed E-state index contributed by atoms with van der Waals surface area (Å²) in [6, 6.07) is 53.9. The van der Waals surface area contributed by atoms with Gasteiger partial charge in [-0.3, -0.25) is 4.98 Å². The Morgan fingerprint density at radius 3 is 1.70 bits per heavy atom. The van der Waals surface area contributed by atoms with E-state index >= 15 is 0 Å². The molecule has 0 fully saturated rings. The molecule has 0 N–H and O–H groups in total. The molecule has 0 radical (unpaired) electrons. The van der Waals surface area contributed by atoms with Crippen molar-refractivity contribution < 1.29 is 0 Å². The van der Waals surface area contributed by atoms with E-state index in [0.29, 0.717) is 0 Å². The number of aromatic nitrogens is 4. The quantitative estimate of drug-likeness (QED) is 0.206. The topological polar surface area (TPSA) is 34.6 Å². The van der Waals surface area contributed by atoms with E-state index in [4.69, 9.17) is 9.97 Å². The van der Waals surface area contributed by atoms with Crippen LogP contribution >= 0.6 is 0 Å². The van der Waals surface area contributed by atoms with Crippen molar-refractivity contribution in [1.29, 1.82) is 0 Å². The third-order valence-corrected chi connectivity index (χ3v) is 9.33. The van der Waals surface area contributed by atoms with Gasteiger partial charge in [-0.1, -0.05) is 109 Å². The van der Waals surface area contributed by atoms with Gasteiger partial charge < -0.3 is 8.80 Å². The first-order valence-corrected chi connectivity index (χ1v) is 15.6. The van der Waals surface area contributed by atoms with Crippen LogP contribution in [0, 0.1) is 0 Å². The van der Waals surface area contributed by atoms with Crippen molar-refractivity contribution in [2.24, 2.45) is 0 Å². The number of hydrogen-bond acceptors (Lipinski definition) is 2. The van der Waals surface area contributed by atoms with Gasteiger partial charge in [0.15, 0.2) is 0 Å². The van der Waals surface area contributed by atoms with Crippen molar-refractivity contribution in [3.05, 3.63) is 158 Å². The van der Waals surface area contributed by atoms with Gasteiger partial charge in [0.05, 0.1) is 56.0 Å². The zero-order chi connectivity index (χ0) is 30.2. The van der Waals surface area contributed by atoms with Crippen LogP contribution in [-0.2, 0) is 0 Å². The lowest BCUT2D eigenvalue weighted by atomic mass is 9.98. The Balaban J connectivity index is 1.07. The molecule has 0 saturated heterocycles. The van der Waals surface area contributed by atoms with Gasteiger partial charge in [0, 0.05) is 21.9 Å². The first-order valence-electron chi connectivity index (χ1n) is 15.6. The molecule has 10 rings (SSSR count). The van der Waals surface area contributed by atoms with Gasteiger partial charge in [-0.15, -0.1) is 0 Å². The summed E-state index contributed by atoms with van der Waals surface area (Å²) in [5.41, 5.74) is 15.7. The first kappa shape index (κ1) is 25.1. The van der Waals surface area contributed by atoms with E-state index < -0.39 is 0 Å². The molecule has 0 atom stereocenters. The van der Waals surface area contributed by atoms with Gasteiger partial charge in [0.1, 0.15) is 0 Å². The van der Waals surface area contributed by atoms with Crippen LogP contribution in [-0.4, -0.2) is 18.8 Å². The molecule has 6 aromatic carbocycles. The lowest BCUT2D eigenvalue weighted by Gasteiger charge is -2.11. The van der Waals surface area contributed by atoms with E-state index in [1.165, 1.54) is 44.1 Å². The van der Waals surface area contributed by atoms with Crippen LogP contribution in [0.25, 0.3) is 88.4 Å². The highest BCUT2D eigenvalue weighted by atomic mass is 15.0. The smallest absolute Gasteiger partial charge is 0.0950 e. The second-order valence-corrected chi connectivity index (χ2v) is 11.9. The zero-order valence-electron chi connectivity index (χ0n) is 24.8. The van der Waals surface area contributed by atoms with Crippen LogP contribution < -0.4 is 0 Å². The molecule has 0 unspecified atom stereocenters. The highest BCUT2D eigenvalue weighted by molar-refractivity contribution is 6.08. The van der Waals surface area contributed by atoms with Crippen molar-refractivity contribution in [2.75, 3.05) is 0 Å². The summed E-state index contributed by atoms with van der Waals surface area (Å²) in [6.45, 7) is 0. The Morgan fingerprint density at radius 1 is 0.391 bits per heavy atom. The van der Waals surface area contributed by atoms with Crippen LogP contribution in [0.1, 0.15) is 0 Å². The van der Waals surface area contributed by atoms with Crippen molar-refractivity contribution >= 4 is 54.9 Å². The largest absolute Gasteiger partial charge is 0.306 e. The first-order chi connectivity index (χ1) is 22.8. The lowest BCUT2D eigenvalue weighted by molar-refractivity contribution is 1.27. The summed E-state index contributed by atoms with van der Waals surface area (Å²) >= 11 is 0. The third kappa shape index (κ3) is 3.61. The maximum Gasteiger partial charge on any atom is 0.0950 e. The number of nitrogens with zero attached hydrogens (tertiary/aromatic N) is 4. The minimum Gasteiger partial charge on any atom is -0.306 e. The minimum absolute atomic E-state index is 0.986. The highest BCUT2D eigenvalue weighted by Crippen LogP contribution is 2.38. The zero-order valence-corrected chi connectivity index (χ0v) is 24.8. The summed E-state index contributed by atoms with van der Waals surface area (Å²) in [6.07, 6.45) is 2.01. The molecule has 4 aromatic heterocycles. The number of benzene rings is 6. The van der Waals surface area contributed by atoms with E-state index in [0.717, 1.165) is 44.4 Å². The van der Waals surface area contributed by atoms with Gasteiger partial charge in [0.2, 0.25) is 0 Å². The molecule has 0 bridgehead atoms. The third-order valence-electron chi connectivity index (χ3n) is 9.33. The fourth-order valence-corrected chi connectivity index (χ4v) is 7.21. The SMILES string of the molecule is c1ccc2c(c1)cc1c(-c3ccc(-c4ccc(-c5c6ccccc6n6c5cnc5ccccc56)cc4)cc3)nc3ccccc3n12. The molecule has 214 valence electrons. The fraction of sp³-hybridized carbons (Fsp3) is 0. The van der Waals surface area contributed by atoms with Crippen LogP contribution in [0.2, 0.25) is 0 Å². The molecule has 0 amide bonds. The Labute approximate surface area is 264 Å². The highest BCUT2D eigenvalue weighted by Gasteiger charge is 2.17. The van der Waals surface area contributed by atoms with Gasteiger partial charge >= 0.3 is 0 Å². The summed E-state index contributed by atoms with van der Waals surface area (Å²) in [5, 5.41) is 2.44.